The summed E-state index contributed by atoms with van der Waals surface area (Å²) < 4.78 is 1.84. The molecule has 3 rings (SSSR count). The highest BCUT2D eigenvalue weighted by atomic mass is 15.2. The molecule has 2 N–H and O–H groups in total. The summed E-state index contributed by atoms with van der Waals surface area (Å²) in [6.45, 7) is 2.22. The van der Waals surface area contributed by atoms with Gasteiger partial charge in [-0.25, -0.2) is 0 Å². The molecule has 106 valence electrons. The average Bonchev–Trinajstić information content (AvgIpc) is 2.86. The van der Waals surface area contributed by atoms with E-state index in [1.54, 1.807) is 0 Å². The van der Waals surface area contributed by atoms with Crippen molar-refractivity contribution < 1.29 is 0 Å². The van der Waals surface area contributed by atoms with Gasteiger partial charge in [0.05, 0.1) is 6.20 Å². The third-order valence-corrected chi connectivity index (χ3v) is 4.94. The van der Waals surface area contributed by atoms with Crippen molar-refractivity contribution in [2.45, 2.75) is 50.6 Å². The third-order valence-electron chi connectivity index (χ3n) is 4.94. The number of piperidine rings is 1. The van der Waals surface area contributed by atoms with Crippen LogP contribution in [0.1, 0.15) is 50.1 Å². The molecule has 2 heterocycles. The van der Waals surface area contributed by atoms with Crippen molar-refractivity contribution >= 4 is 0 Å². The van der Waals surface area contributed by atoms with E-state index in [2.05, 4.69) is 10.00 Å². The van der Waals surface area contributed by atoms with E-state index in [0.29, 0.717) is 0 Å². The first-order valence-electron chi connectivity index (χ1n) is 7.72. The summed E-state index contributed by atoms with van der Waals surface area (Å²) in [5, 5.41) is 4.23. The van der Waals surface area contributed by atoms with Gasteiger partial charge in [-0.2, -0.15) is 5.10 Å². The van der Waals surface area contributed by atoms with Crippen molar-refractivity contribution in [3.05, 3.63) is 18.0 Å². The van der Waals surface area contributed by atoms with Crippen LogP contribution in [0.25, 0.3) is 0 Å². The van der Waals surface area contributed by atoms with Gasteiger partial charge in [-0.05, 0) is 38.1 Å². The highest BCUT2D eigenvalue weighted by molar-refractivity contribution is 5.10. The fraction of sp³-hybridized carbons (Fsp3) is 0.800. The lowest BCUT2D eigenvalue weighted by Crippen LogP contribution is -2.49. The van der Waals surface area contributed by atoms with Gasteiger partial charge in [-0.1, -0.05) is 12.8 Å². The van der Waals surface area contributed by atoms with Crippen molar-refractivity contribution in [1.29, 1.82) is 0 Å². The normalized spacial score (nSPS) is 30.0. The van der Waals surface area contributed by atoms with Crippen LogP contribution in [0.5, 0.6) is 0 Å². The molecule has 0 radical (unpaired) electrons. The minimum Gasteiger partial charge on any atom is -0.323 e. The van der Waals surface area contributed by atoms with Crippen molar-refractivity contribution in [3.8, 4) is 0 Å². The second-order valence-corrected chi connectivity index (χ2v) is 6.30. The Morgan fingerprint density at radius 1 is 1.32 bits per heavy atom. The third kappa shape index (κ3) is 2.84. The number of hydrogen-bond donors (Lipinski definition) is 1. The van der Waals surface area contributed by atoms with Crippen LogP contribution >= 0.6 is 0 Å². The standard InChI is InChI=1S/C15H26N4/c1-18-10-13(9-17-18)14(16)11-19-8-4-6-12-5-2-3-7-15(12)19/h9-10,12,14-15H,2-8,11,16H2,1H3/t12-,14?,15-/m1/s1. The van der Waals surface area contributed by atoms with Crippen molar-refractivity contribution in [2.75, 3.05) is 13.1 Å². The zero-order valence-electron chi connectivity index (χ0n) is 12.0. The first-order valence-corrected chi connectivity index (χ1v) is 7.72. The molecule has 1 aromatic rings. The monoisotopic (exact) mass is 262 g/mol. The molecular weight excluding hydrogens is 236 g/mol. The molecule has 0 spiro atoms. The number of rotatable bonds is 3. The average molecular weight is 262 g/mol. The number of hydrogen-bond acceptors (Lipinski definition) is 3. The Hall–Kier alpha value is -0.870. The van der Waals surface area contributed by atoms with Gasteiger partial charge in [0.15, 0.2) is 0 Å². The van der Waals surface area contributed by atoms with Gasteiger partial charge in [0, 0.05) is 37.4 Å². The van der Waals surface area contributed by atoms with Crippen LogP contribution in [0, 0.1) is 5.92 Å². The molecule has 1 saturated heterocycles. The Labute approximate surface area is 116 Å². The minimum absolute atomic E-state index is 0.106. The predicted octanol–water partition coefficient (Wildman–Crippen LogP) is 2.07. The van der Waals surface area contributed by atoms with Crippen LogP contribution < -0.4 is 5.73 Å². The van der Waals surface area contributed by atoms with Crippen molar-refractivity contribution in [3.63, 3.8) is 0 Å². The molecule has 1 unspecified atom stereocenters. The number of nitrogens with zero attached hydrogens (tertiary/aromatic N) is 3. The van der Waals surface area contributed by atoms with Gasteiger partial charge >= 0.3 is 0 Å². The summed E-state index contributed by atoms with van der Waals surface area (Å²) in [6.07, 6.45) is 12.4. The van der Waals surface area contributed by atoms with Crippen LogP contribution in [-0.2, 0) is 7.05 Å². The van der Waals surface area contributed by atoms with Crippen LogP contribution in [0.4, 0.5) is 0 Å². The molecule has 1 aliphatic carbocycles. The maximum atomic E-state index is 6.37. The first kappa shape index (κ1) is 13.1. The van der Waals surface area contributed by atoms with E-state index < -0.39 is 0 Å². The van der Waals surface area contributed by atoms with Crippen LogP contribution in [0.15, 0.2) is 12.4 Å². The summed E-state index contributed by atoms with van der Waals surface area (Å²) in [4.78, 5) is 2.66. The van der Waals surface area contributed by atoms with Gasteiger partial charge in [-0.15, -0.1) is 0 Å². The fourth-order valence-corrected chi connectivity index (χ4v) is 3.94. The summed E-state index contributed by atoms with van der Waals surface area (Å²) in [7, 11) is 1.95. The lowest BCUT2D eigenvalue weighted by Gasteiger charge is -2.45. The van der Waals surface area contributed by atoms with Crippen LogP contribution in [0.3, 0.4) is 0 Å². The molecule has 19 heavy (non-hydrogen) atoms. The molecule has 2 fully saturated rings. The summed E-state index contributed by atoms with van der Waals surface area (Å²) >= 11 is 0. The minimum atomic E-state index is 0.106. The lowest BCUT2D eigenvalue weighted by molar-refractivity contribution is 0.0561. The number of aryl methyl sites for hydroxylation is 1. The summed E-state index contributed by atoms with van der Waals surface area (Å²) in [5.41, 5.74) is 7.53. The first-order chi connectivity index (χ1) is 9.24. The van der Waals surface area contributed by atoms with E-state index >= 15 is 0 Å². The van der Waals surface area contributed by atoms with E-state index in [9.17, 15) is 0 Å². The summed E-state index contributed by atoms with van der Waals surface area (Å²) in [5.74, 6) is 0.934. The van der Waals surface area contributed by atoms with Gasteiger partial charge in [0.25, 0.3) is 0 Å². The van der Waals surface area contributed by atoms with Crippen molar-refractivity contribution in [2.24, 2.45) is 18.7 Å². The molecular formula is C15H26N4. The molecule has 1 aliphatic heterocycles. The van der Waals surface area contributed by atoms with E-state index in [4.69, 9.17) is 5.73 Å². The van der Waals surface area contributed by atoms with Gasteiger partial charge < -0.3 is 5.73 Å². The molecule has 1 saturated carbocycles. The Bertz CT molecular complexity index is 412. The molecule has 0 bridgehead atoms. The zero-order valence-corrected chi connectivity index (χ0v) is 12.0. The zero-order chi connectivity index (χ0) is 13.2. The number of fused-ring (bicyclic) bond motifs is 1. The molecule has 1 aromatic heterocycles. The van der Waals surface area contributed by atoms with Crippen LogP contribution in [-0.4, -0.2) is 33.8 Å². The SMILES string of the molecule is Cn1cc(C(N)CN2CCC[C@H]3CCCC[C@H]32)cn1. The Morgan fingerprint density at radius 2 is 2.11 bits per heavy atom. The largest absolute Gasteiger partial charge is 0.323 e. The number of aromatic nitrogens is 2. The summed E-state index contributed by atoms with van der Waals surface area (Å²) in [6, 6.07) is 0.902. The Kier molecular flexibility index (Phi) is 3.89. The molecule has 0 amide bonds. The van der Waals surface area contributed by atoms with E-state index in [-0.39, 0.29) is 6.04 Å². The molecule has 4 nitrogen and oxygen atoms in total. The van der Waals surface area contributed by atoms with E-state index in [0.717, 1.165) is 18.5 Å². The molecule has 3 atom stereocenters. The quantitative estimate of drug-likeness (QED) is 0.907. The predicted molar refractivity (Wildman–Crippen MR) is 76.7 cm³/mol. The highest BCUT2D eigenvalue weighted by Crippen LogP contribution is 2.35. The number of nitrogens with two attached hydrogens (primary N) is 1. The van der Waals surface area contributed by atoms with E-state index in [1.807, 2.05) is 24.1 Å². The Morgan fingerprint density at radius 3 is 2.89 bits per heavy atom. The molecule has 2 aliphatic rings. The topological polar surface area (TPSA) is 47.1 Å². The van der Waals surface area contributed by atoms with Crippen LogP contribution in [0.2, 0.25) is 0 Å². The molecule has 4 heteroatoms. The van der Waals surface area contributed by atoms with Crippen molar-refractivity contribution in [1.82, 2.24) is 14.7 Å². The second kappa shape index (κ2) is 5.63. The fourth-order valence-electron chi connectivity index (χ4n) is 3.94. The maximum Gasteiger partial charge on any atom is 0.0537 e. The second-order valence-electron chi connectivity index (χ2n) is 6.30. The number of likely N-dealkylation sites (tertiary alicyclic amines) is 1. The van der Waals surface area contributed by atoms with Gasteiger partial charge in [0.2, 0.25) is 0 Å². The van der Waals surface area contributed by atoms with Gasteiger partial charge in [0.1, 0.15) is 0 Å². The Balaban J connectivity index is 1.64. The van der Waals surface area contributed by atoms with E-state index in [1.165, 1.54) is 50.6 Å². The molecule has 0 aromatic carbocycles. The lowest BCUT2D eigenvalue weighted by atomic mass is 9.78. The smallest absolute Gasteiger partial charge is 0.0537 e. The highest BCUT2D eigenvalue weighted by Gasteiger charge is 2.33. The maximum absolute atomic E-state index is 6.37. The van der Waals surface area contributed by atoms with Gasteiger partial charge in [-0.3, -0.25) is 9.58 Å².